The molecule has 82 valence electrons. The Hall–Kier alpha value is -2.42. The molecule has 0 atom stereocenters. The second kappa shape index (κ2) is 3.87. The highest BCUT2D eigenvalue weighted by Crippen LogP contribution is 2.29. The van der Waals surface area contributed by atoms with E-state index in [0.717, 1.165) is 16.6 Å². The highest BCUT2D eigenvalue weighted by molar-refractivity contribution is 5.97. The summed E-state index contributed by atoms with van der Waals surface area (Å²) in [5, 5.41) is 2.32. The van der Waals surface area contributed by atoms with Gasteiger partial charge in [0.25, 0.3) is 0 Å². The van der Waals surface area contributed by atoms with E-state index in [2.05, 4.69) is 28.2 Å². The minimum Gasteiger partial charge on any atom is -0.382 e. The molecule has 0 radical (unpaired) electrons. The van der Waals surface area contributed by atoms with Crippen molar-refractivity contribution in [2.24, 2.45) is 0 Å². The van der Waals surface area contributed by atoms with E-state index in [-0.39, 0.29) is 0 Å². The molecule has 2 aromatic carbocycles. The van der Waals surface area contributed by atoms with E-state index in [0.29, 0.717) is 5.82 Å². The summed E-state index contributed by atoms with van der Waals surface area (Å²) in [4.78, 5) is 8.39. The van der Waals surface area contributed by atoms with Gasteiger partial charge >= 0.3 is 0 Å². The van der Waals surface area contributed by atoms with Gasteiger partial charge in [-0.1, -0.05) is 42.5 Å². The summed E-state index contributed by atoms with van der Waals surface area (Å²) in [6.45, 7) is 0. The van der Waals surface area contributed by atoms with Crippen LogP contribution in [0.3, 0.4) is 0 Å². The molecule has 1 heterocycles. The molecule has 0 fully saturated rings. The van der Waals surface area contributed by atoms with E-state index in [1.165, 1.54) is 5.39 Å². The third-order valence-electron chi connectivity index (χ3n) is 2.77. The molecule has 3 heteroatoms. The van der Waals surface area contributed by atoms with Crippen LogP contribution >= 0.6 is 0 Å². The van der Waals surface area contributed by atoms with Gasteiger partial charge in [0.05, 0.1) is 0 Å². The Morgan fingerprint density at radius 3 is 2.47 bits per heavy atom. The lowest BCUT2D eigenvalue weighted by Gasteiger charge is -2.07. The van der Waals surface area contributed by atoms with E-state index in [9.17, 15) is 0 Å². The van der Waals surface area contributed by atoms with E-state index >= 15 is 0 Å². The largest absolute Gasteiger partial charge is 0.382 e. The summed E-state index contributed by atoms with van der Waals surface area (Å²) in [5.74, 6) is 0.462. The van der Waals surface area contributed by atoms with Crippen molar-refractivity contribution in [2.75, 3.05) is 5.73 Å². The van der Waals surface area contributed by atoms with Gasteiger partial charge in [-0.15, -0.1) is 0 Å². The number of nitrogens with two attached hydrogens (primary N) is 1. The summed E-state index contributed by atoms with van der Waals surface area (Å²) in [5.41, 5.74) is 7.63. The fourth-order valence-electron chi connectivity index (χ4n) is 1.99. The van der Waals surface area contributed by atoms with Gasteiger partial charge in [0, 0.05) is 18.0 Å². The van der Waals surface area contributed by atoms with E-state index in [1.807, 2.05) is 24.3 Å². The number of rotatable bonds is 1. The standard InChI is InChI=1S/C14H11N3/c15-14-13(16-8-9-17-14)12-7-3-5-10-4-1-2-6-11(10)12/h1-9H,(H2,15,17). The van der Waals surface area contributed by atoms with Crippen LogP contribution in [0.2, 0.25) is 0 Å². The number of nitrogens with zero attached hydrogens (tertiary/aromatic N) is 2. The van der Waals surface area contributed by atoms with Crippen molar-refractivity contribution in [3.63, 3.8) is 0 Å². The molecule has 0 aliphatic rings. The van der Waals surface area contributed by atoms with Crippen molar-refractivity contribution < 1.29 is 0 Å². The van der Waals surface area contributed by atoms with Crippen LogP contribution < -0.4 is 5.73 Å². The molecule has 3 rings (SSSR count). The third kappa shape index (κ3) is 1.61. The first-order valence-corrected chi connectivity index (χ1v) is 5.41. The molecule has 2 N–H and O–H groups in total. The molecule has 0 spiro atoms. The fourth-order valence-corrected chi connectivity index (χ4v) is 1.99. The minimum absolute atomic E-state index is 0.462. The van der Waals surface area contributed by atoms with Crippen LogP contribution in [0.15, 0.2) is 54.9 Å². The van der Waals surface area contributed by atoms with Crippen LogP contribution in [0.5, 0.6) is 0 Å². The maximum atomic E-state index is 5.87. The molecular weight excluding hydrogens is 210 g/mol. The number of nitrogen functional groups attached to an aromatic ring is 1. The predicted molar refractivity (Wildman–Crippen MR) is 69.4 cm³/mol. The van der Waals surface area contributed by atoms with Crippen LogP contribution in [-0.4, -0.2) is 9.97 Å². The van der Waals surface area contributed by atoms with Crippen molar-refractivity contribution >= 4 is 16.6 Å². The highest BCUT2D eigenvalue weighted by atomic mass is 14.9. The first-order valence-electron chi connectivity index (χ1n) is 5.41. The van der Waals surface area contributed by atoms with Gasteiger partial charge in [0.1, 0.15) is 11.5 Å². The number of aromatic nitrogens is 2. The Morgan fingerprint density at radius 2 is 1.59 bits per heavy atom. The predicted octanol–water partition coefficient (Wildman–Crippen LogP) is 2.88. The monoisotopic (exact) mass is 221 g/mol. The maximum absolute atomic E-state index is 5.87. The average molecular weight is 221 g/mol. The third-order valence-corrected chi connectivity index (χ3v) is 2.77. The van der Waals surface area contributed by atoms with Gasteiger partial charge in [-0.25, -0.2) is 4.98 Å². The lowest BCUT2D eigenvalue weighted by atomic mass is 10.0. The van der Waals surface area contributed by atoms with Crippen molar-refractivity contribution in [3.8, 4) is 11.3 Å². The van der Waals surface area contributed by atoms with E-state index in [1.54, 1.807) is 12.4 Å². The summed E-state index contributed by atoms with van der Waals surface area (Å²) in [6.07, 6.45) is 3.26. The molecule has 3 nitrogen and oxygen atoms in total. The van der Waals surface area contributed by atoms with Crippen LogP contribution in [0, 0.1) is 0 Å². The molecule has 0 unspecified atom stereocenters. The van der Waals surface area contributed by atoms with Gasteiger partial charge in [0.2, 0.25) is 0 Å². The molecule has 0 aliphatic heterocycles. The average Bonchev–Trinajstić information content (AvgIpc) is 2.39. The first-order chi connectivity index (χ1) is 8.36. The number of anilines is 1. The number of benzene rings is 2. The van der Waals surface area contributed by atoms with Crippen molar-refractivity contribution in [1.29, 1.82) is 0 Å². The molecule has 0 saturated carbocycles. The molecule has 1 aromatic heterocycles. The number of fused-ring (bicyclic) bond motifs is 1. The quantitative estimate of drug-likeness (QED) is 0.687. The lowest BCUT2D eigenvalue weighted by Crippen LogP contribution is -1.96. The Kier molecular flexibility index (Phi) is 2.22. The van der Waals surface area contributed by atoms with E-state index < -0.39 is 0 Å². The van der Waals surface area contributed by atoms with Crippen LogP contribution in [0.25, 0.3) is 22.0 Å². The van der Waals surface area contributed by atoms with Crippen molar-refractivity contribution in [2.45, 2.75) is 0 Å². The first kappa shape index (κ1) is 9.78. The van der Waals surface area contributed by atoms with Gasteiger partial charge in [-0.05, 0) is 10.8 Å². The Bertz CT molecular complexity index is 672. The molecular formula is C14H11N3. The van der Waals surface area contributed by atoms with Gasteiger partial charge in [-0.3, -0.25) is 4.98 Å². The van der Waals surface area contributed by atoms with Crippen LogP contribution in [0.4, 0.5) is 5.82 Å². The fraction of sp³-hybridized carbons (Fsp3) is 0. The summed E-state index contributed by atoms with van der Waals surface area (Å²) in [7, 11) is 0. The molecule has 0 saturated heterocycles. The molecule has 3 aromatic rings. The normalized spacial score (nSPS) is 10.6. The van der Waals surface area contributed by atoms with E-state index in [4.69, 9.17) is 5.73 Å². The van der Waals surface area contributed by atoms with Crippen molar-refractivity contribution in [3.05, 3.63) is 54.9 Å². The second-order valence-corrected chi connectivity index (χ2v) is 3.82. The topological polar surface area (TPSA) is 51.8 Å². The molecule has 0 aliphatic carbocycles. The van der Waals surface area contributed by atoms with Gasteiger partial charge < -0.3 is 5.73 Å². The summed E-state index contributed by atoms with van der Waals surface area (Å²) >= 11 is 0. The van der Waals surface area contributed by atoms with Crippen LogP contribution in [-0.2, 0) is 0 Å². The second-order valence-electron chi connectivity index (χ2n) is 3.82. The lowest BCUT2D eigenvalue weighted by molar-refractivity contribution is 1.22. The number of hydrogen-bond acceptors (Lipinski definition) is 3. The van der Waals surface area contributed by atoms with Gasteiger partial charge in [-0.2, -0.15) is 0 Å². The smallest absolute Gasteiger partial charge is 0.150 e. The summed E-state index contributed by atoms with van der Waals surface area (Å²) < 4.78 is 0. The van der Waals surface area contributed by atoms with Crippen LogP contribution in [0.1, 0.15) is 0 Å². The Labute approximate surface area is 98.9 Å². The van der Waals surface area contributed by atoms with Gasteiger partial charge in [0.15, 0.2) is 0 Å². The highest BCUT2D eigenvalue weighted by Gasteiger charge is 2.07. The zero-order chi connectivity index (χ0) is 11.7. The molecule has 17 heavy (non-hydrogen) atoms. The molecule has 0 bridgehead atoms. The minimum atomic E-state index is 0.462. The zero-order valence-corrected chi connectivity index (χ0v) is 9.17. The maximum Gasteiger partial charge on any atom is 0.150 e. The van der Waals surface area contributed by atoms with Crippen molar-refractivity contribution in [1.82, 2.24) is 9.97 Å². The Morgan fingerprint density at radius 1 is 0.824 bits per heavy atom. The zero-order valence-electron chi connectivity index (χ0n) is 9.17. The summed E-state index contributed by atoms with van der Waals surface area (Å²) in [6, 6.07) is 14.3. The molecule has 0 amide bonds. The Balaban J connectivity index is 2.35. The number of hydrogen-bond donors (Lipinski definition) is 1. The SMILES string of the molecule is Nc1nccnc1-c1cccc2ccccc12.